The van der Waals surface area contributed by atoms with Crippen molar-refractivity contribution in [1.29, 1.82) is 0 Å². The maximum absolute atomic E-state index is 12.1. The van der Waals surface area contributed by atoms with Gasteiger partial charge in [-0.05, 0) is 72.8 Å². The molecule has 10 nitrogen and oxygen atoms in total. The Kier molecular flexibility index (Phi) is 8.55. The Hall–Kier alpha value is -5.38. The van der Waals surface area contributed by atoms with Crippen LogP contribution in [0, 0.1) is 0 Å². The van der Waals surface area contributed by atoms with Crippen molar-refractivity contribution in [2.24, 2.45) is 0 Å². The standard InChI is InChI=1S/C18H14N4O2.C8H6O4/c23-17(21-15-3-1-9-19-11-15)13-5-7-14(8-6-13)18(24)22-16-4-2-10-20-12-16;9-7(10)5-1-2-6(4-3-5)8(11)12/h1-12H,(H,21,23)(H,22,24);1-4H,(H,9,10)(H,11,12). The maximum atomic E-state index is 12.1. The molecule has 2 aromatic carbocycles. The first-order valence-corrected chi connectivity index (χ1v) is 10.4. The summed E-state index contributed by atoms with van der Waals surface area (Å²) in [6, 6.07) is 18.4. The Bertz CT molecular complexity index is 1240. The van der Waals surface area contributed by atoms with E-state index in [1.165, 1.54) is 24.3 Å². The number of carboxylic acid groups (broad SMARTS) is 2. The third-order valence-corrected chi connectivity index (χ3v) is 4.63. The first kappa shape index (κ1) is 25.2. The molecule has 180 valence electrons. The van der Waals surface area contributed by atoms with E-state index in [1.54, 1.807) is 73.3 Å². The van der Waals surface area contributed by atoms with Crippen LogP contribution >= 0.6 is 0 Å². The number of carbonyl (C=O) groups excluding carboxylic acids is 2. The molecule has 2 amide bonds. The minimum absolute atomic E-state index is 0.0833. The molecule has 0 saturated heterocycles. The quantitative estimate of drug-likeness (QED) is 0.319. The normalized spacial score (nSPS) is 9.78. The highest BCUT2D eigenvalue weighted by Crippen LogP contribution is 2.11. The van der Waals surface area contributed by atoms with Crippen LogP contribution in [0.3, 0.4) is 0 Å². The van der Waals surface area contributed by atoms with E-state index in [2.05, 4.69) is 20.6 Å². The first-order chi connectivity index (χ1) is 17.3. The molecule has 0 atom stereocenters. The molecule has 0 bridgehead atoms. The molecular formula is C26H20N4O6. The molecule has 10 heteroatoms. The summed E-state index contributed by atoms with van der Waals surface area (Å²) in [5.41, 5.74) is 2.30. The zero-order valence-corrected chi connectivity index (χ0v) is 18.7. The van der Waals surface area contributed by atoms with Crippen molar-refractivity contribution >= 4 is 35.1 Å². The Morgan fingerprint density at radius 2 is 0.861 bits per heavy atom. The van der Waals surface area contributed by atoms with Crippen LogP contribution in [-0.4, -0.2) is 43.9 Å². The van der Waals surface area contributed by atoms with Gasteiger partial charge in [0.1, 0.15) is 0 Å². The number of pyridine rings is 2. The molecule has 2 heterocycles. The smallest absolute Gasteiger partial charge is 0.335 e. The second kappa shape index (κ2) is 12.2. The van der Waals surface area contributed by atoms with Crippen LogP contribution < -0.4 is 10.6 Å². The monoisotopic (exact) mass is 484 g/mol. The molecular weight excluding hydrogens is 464 g/mol. The lowest BCUT2D eigenvalue weighted by atomic mass is 10.1. The van der Waals surface area contributed by atoms with Gasteiger partial charge in [0.2, 0.25) is 0 Å². The van der Waals surface area contributed by atoms with Gasteiger partial charge in [0.15, 0.2) is 0 Å². The number of rotatable bonds is 6. The molecule has 0 spiro atoms. The highest BCUT2D eigenvalue weighted by Gasteiger charge is 2.10. The number of aromatic carboxylic acids is 2. The number of nitrogens with one attached hydrogen (secondary N) is 2. The van der Waals surface area contributed by atoms with E-state index in [4.69, 9.17) is 10.2 Å². The van der Waals surface area contributed by atoms with E-state index >= 15 is 0 Å². The summed E-state index contributed by atoms with van der Waals surface area (Å²) in [5.74, 6) is -2.65. The predicted octanol–water partition coefficient (Wildman–Crippen LogP) is 4.06. The van der Waals surface area contributed by atoms with E-state index in [0.717, 1.165) is 0 Å². The summed E-state index contributed by atoms with van der Waals surface area (Å²) in [7, 11) is 0. The molecule has 4 rings (SSSR count). The van der Waals surface area contributed by atoms with Crippen LogP contribution in [-0.2, 0) is 0 Å². The van der Waals surface area contributed by atoms with Gasteiger partial charge in [-0.2, -0.15) is 0 Å². The van der Waals surface area contributed by atoms with Gasteiger partial charge in [-0.1, -0.05) is 0 Å². The van der Waals surface area contributed by atoms with Crippen molar-refractivity contribution in [3.8, 4) is 0 Å². The van der Waals surface area contributed by atoms with E-state index in [9.17, 15) is 19.2 Å². The Labute approximate surface area is 205 Å². The van der Waals surface area contributed by atoms with Crippen molar-refractivity contribution in [3.63, 3.8) is 0 Å². The molecule has 0 aliphatic heterocycles. The second-order valence-corrected chi connectivity index (χ2v) is 7.16. The number of amides is 2. The van der Waals surface area contributed by atoms with Crippen molar-refractivity contribution < 1.29 is 29.4 Å². The number of hydrogen-bond donors (Lipinski definition) is 4. The highest BCUT2D eigenvalue weighted by molar-refractivity contribution is 6.07. The Morgan fingerprint density at radius 1 is 0.528 bits per heavy atom. The fourth-order valence-corrected chi connectivity index (χ4v) is 2.81. The third kappa shape index (κ3) is 7.32. The van der Waals surface area contributed by atoms with Gasteiger partial charge in [0, 0.05) is 23.5 Å². The lowest BCUT2D eigenvalue weighted by Gasteiger charge is -2.07. The average Bonchev–Trinajstić information content (AvgIpc) is 2.90. The summed E-state index contributed by atoms with van der Waals surface area (Å²) in [5, 5.41) is 22.4. The molecule has 2 aromatic heterocycles. The summed E-state index contributed by atoms with van der Waals surface area (Å²) >= 11 is 0. The van der Waals surface area contributed by atoms with E-state index in [-0.39, 0.29) is 22.9 Å². The lowest BCUT2D eigenvalue weighted by molar-refractivity contribution is 0.0681. The molecule has 0 fully saturated rings. The van der Waals surface area contributed by atoms with Gasteiger partial charge in [-0.25, -0.2) is 9.59 Å². The van der Waals surface area contributed by atoms with Gasteiger partial charge in [-0.15, -0.1) is 0 Å². The Balaban J connectivity index is 0.000000253. The number of carboxylic acids is 2. The minimum atomic E-state index is -1.06. The van der Waals surface area contributed by atoms with Gasteiger partial charge in [-0.3, -0.25) is 19.6 Å². The maximum Gasteiger partial charge on any atom is 0.335 e. The summed E-state index contributed by atoms with van der Waals surface area (Å²) < 4.78 is 0. The lowest BCUT2D eigenvalue weighted by Crippen LogP contribution is -2.14. The topological polar surface area (TPSA) is 159 Å². The SMILES string of the molecule is O=C(Nc1cccnc1)c1ccc(C(=O)Nc2cccnc2)cc1.O=C(O)c1ccc(C(=O)O)cc1. The van der Waals surface area contributed by atoms with Crippen LogP contribution in [0.2, 0.25) is 0 Å². The molecule has 4 aromatic rings. The van der Waals surface area contributed by atoms with E-state index in [1.807, 2.05) is 0 Å². The molecule has 0 saturated carbocycles. The number of anilines is 2. The van der Waals surface area contributed by atoms with Crippen molar-refractivity contribution in [2.45, 2.75) is 0 Å². The van der Waals surface area contributed by atoms with Crippen LogP contribution in [0.1, 0.15) is 41.4 Å². The van der Waals surface area contributed by atoms with E-state index < -0.39 is 11.9 Å². The predicted molar refractivity (Wildman–Crippen MR) is 131 cm³/mol. The third-order valence-electron chi connectivity index (χ3n) is 4.63. The number of carbonyl (C=O) groups is 4. The average molecular weight is 484 g/mol. The minimum Gasteiger partial charge on any atom is -0.478 e. The first-order valence-electron chi connectivity index (χ1n) is 10.4. The molecule has 36 heavy (non-hydrogen) atoms. The number of aromatic nitrogens is 2. The highest BCUT2D eigenvalue weighted by atomic mass is 16.4. The van der Waals surface area contributed by atoms with Crippen LogP contribution in [0.5, 0.6) is 0 Å². The Morgan fingerprint density at radius 3 is 1.14 bits per heavy atom. The molecule has 0 aliphatic rings. The zero-order valence-electron chi connectivity index (χ0n) is 18.7. The summed E-state index contributed by atoms with van der Waals surface area (Å²) in [6.45, 7) is 0. The molecule has 0 unspecified atom stereocenters. The zero-order chi connectivity index (χ0) is 25.9. The summed E-state index contributed by atoms with van der Waals surface area (Å²) in [6.07, 6.45) is 6.39. The number of nitrogens with zero attached hydrogens (tertiary/aromatic N) is 2. The number of hydrogen-bond acceptors (Lipinski definition) is 6. The fraction of sp³-hybridized carbons (Fsp3) is 0. The largest absolute Gasteiger partial charge is 0.478 e. The van der Waals surface area contributed by atoms with Crippen molar-refractivity contribution in [3.05, 3.63) is 120 Å². The second-order valence-electron chi connectivity index (χ2n) is 7.16. The van der Waals surface area contributed by atoms with Crippen LogP contribution in [0.15, 0.2) is 97.6 Å². The van der Waals surface area contributed by atoms with Gasteiger partial charge in [0.05, 0.1) is 34.9 Å². The van der Waals surface area contributed by atoms with Crippen LogP contribution in [0.25, 0.3) is 0 Å². The van der Waals surface area contributed by atoms with Crippen LogP contribution in [0.4, 0.5) is 11.4 Å². The van der Waals surface area contributed by atoms with Crippen molar-refractivity contribution in [1.82, 2.24) is 9.97 Å². The van der Waals surface area contributed by atoms with Gasteiger partial charge >= 0.3 is 11.9 Å². The van der Waals surface area contributed by atoms with Gasteiger partial charge in [0.25, 0.3) is 11.8 Å². The molecule has 4 N–H and O–H groups in total. The summed E-state index contributed by atoms with van der Waals surface area (Å²) in [4.78, 5) is 52.8. The molecule has 0 aliphatic carbocycles. The fourth-order valence-electron chi connectivity index (χ4n) is 2.81. The van der Waals surface area contributed by atoms with Gasteiger partial charge < -0.3 is 20.8 Å². The number of benzene rings is 2. The van der Waals surface area contributed by atoms with Crippen molar-refractivity contribution in [2.75, 3.05) is 10.6 Å². The van der Waals surface area contributed by atoms with E-state index in [0.29, 0.717) is 22.5 Å². The molecule has 0 radical (unpaired) electrons.